The van der Waals surface area contributed by atoms with Crippen LogP contribution in [0.25, 0.3) is 23.1 Å². The molecule has 5 rings (SSSR count). The van der Waals surface area contributed by atoms with Gasteiger partial charge in [0.25, 0.3) is 0 Å². The predicted octanol–water partition coefficient (Wildman–Crippen LogP) is 8.29. The van der Waals surface area contributed by atoms with Crippen molar-refractivity contribution in [1.29, 1.82) is 0 Å². The molecule has 1 aliphatic rings. The number of anilines is 3. The molecule has 0 bridgehead atoms. The number of allylic oxidation sites excluding steroid dienone is 1. The lowest BCUT2D eigenvalue weighted by atomic mass is 10.1. The smallest absolute Gasteiger partial charge is 0.150 e. The monoisotopic (exact) mass is 543 g/mol. The van der Waals surface area contributed by atoms with Crippen molar-refractivity contribution < 1.29 is 0 Å². The molecule has 3 aromatic carbocycles. The van der Waals surface area contributed by atoms with E-state index in [-0.39, 0.29) is 6.04 Å². The maximum absolute atomic E-state index is 5.04. The molecule has 0 spiro atoms. The van der Waals surface area contributed by atoms with Crippen molar-refractivity contribution in [2.45, 2.75) is 40.2 Å². The second-order valence-corrected chi connectivity index (χ2v) is 10.3. The second-order valence-electron chi connectivity index (χ2n) is 10.3. The number of pyridine rings is 1. The summed E-state index contributed by atoms with van der Waals surface area (Å²) < 4.78 is 0. The number of aromatic nitrogens is 1. The molecule has 1 atom stereocenters. The van der Waals surface area contributed by atoms with Gasteiger partial charge in [-0.2, -0.15) is 5.10 Å². The molecule has 5 heteroatoms. The van der Waals surface area contributed by atoms with Gasteiger partial charge in [0.05, 0.1) is 17.3 Å². The average molecular weight is 544 g/mol. The molecule has 4 aromatic rings. The fourth-order valence-electron chi connectivity index (χ4n) is 5.39. The molecule has 5 nitrogen and oxygen atoms in total. The Morgan fingerprint density at radius 3 is 1.88 bits per heavy atom. The zero-order valence-corrected chi connectivity index (χ0v) is 24.7. The number of fused-ring (bicyclic) bond motifs is 1. The molecule has 0 saturated heterocycles. The van der Waals surface area contributed by atoms with Gasteiger partial charge in [-0.15, -0.1) is 0 Å². The molecule has 0 N–H and O–H groups in total. The van der Waals surface area contributed by atoms with Gasteiger partial charge >= 0.3 is 0 Å². The lowest BCUT2D eigenvalue weighted by Crippen LogP contribution is -2.24. The first-order valence-electron chi connectivity index (χ1n) is 14.9. The highest BCUT2D eigenvalue weighted by Gasteiger charge is 2.25. The minimum atomic E-state index is 0.0795. The third-order valence-corrected chi connectivity index (χ3v) is 7.81. The third-order valence-electron chi connectivity index (χ3n) is 7.81. The molecule has 0 fully saturated rings. The van der Waals surface area contributed by atoms with Crippen LogP contribution in [0.4, 0.5) is 17.2 Å². The van der Waals surface area contributed by atoms with E-state index in [1.165, 1.54) is 22.5 Å². The maximum Gasteiger partial charge on any atom is 0.150 e. The maximum atomic E-state index is 5.04. The number of benzene rings is 3. The standard InChI is InChI=1S/C36H41N5/c1-5-39(6-2)32-21-14-28(15-22-32)13-20-31-27-34(25-18-29-16-23-33(24-17-29)40(7-3)8-4)41(38-31)36-26-19-30-11-9-10-12-35(30)37-36/h9-26,34H,5-8,27H2,1-4H3. The van der Waals surface area contributed by atoms with Gasteiger partial charge in [0, 0.05) is 49.4 Å². The van der Waals surface area contributed by atoms with Crippen LogP contribution in [-0.4, -0.2) is 42.9 Å². The van der Waals surface area contributed by atoms with Crippen LogP contribution in [-0.2, 0) is 0 Å². The summed E-state index contributed by atoms with van der Waals surface area (Å²) in [7, 11) is 0. The van der Waals surface area contributed by atoms with Gasteiger partial charge in [0.1, 0.15) is 5.82 Å². The number of nitrogens with zero attached hydrogens (tertiary/aromatic N) is 5. The highest BCUT2D eigenvalue weighted by Crippen LogP contribution is 2.27. The van der Waals surface area contributed by atoms with Gasteiger partial charge in [-0.25, -0.2) is 9.99 Å². The summed E-state index contributed by atoms with van der Waals surface area (Å²) in [5.74, 6) is 0.863. The average Bonchev–Trinajstić information content (AvgIpc) is 3.44. The summed E-state index contributed by atoms with van der Waals surface area (Å²) in [6.45, 7) is 12.8. The van der Waals surface area contributed by atoms with Crippen LogP contribution in [0.5, 0.6) is 0 Å². The van der Waals surface area contributed by atoms with E-state index in [9.17, 15) is 0 Å². The first-order chi connectivity index (χ1) is 20.1. The summed E-state index contributed by atoms with van der Waals surface area (Å²) >= 11 is 0. The summed E-state index contributed by atoms with van der Waals surface area (Å²) in [4.78, 5) is 9.68. The fraction of sp³-hybridized carbons (Fsp3) is 0.278. The van der Waals surface area contributed by atoms with Gasteiger partial charge in [0.15, 0.2) is 0 Å². The summed E-state index contributed by atoms with van der Waals surface area (Å²) in [5, 5.41) is 8.24. The Hall–Kier alpha value is -4.38. The normalized spacial score (nSPS) is 15.3. The van der Waals surface area contributed by atoms with E-state index in [2.05, 4.69) is 140 Å². The summed E-state index contributed by atoms with van der Waals surface area (Å²) in [5.41, 5.74) is 6.90. The van der Waals surface area contributed by atoms with E-state index in [4.69, 9.17) is 10.1 Å². The lowest BCUT2D eigenvalue weighted by molar-refractivity contribution is 0.779. The zero-order valence-electron chi connectivity index (χ0n) is 24.7. The van der Waals surface area contributed by atoms with Crippen LogP contribution in [0.3, 0.4) is 0 Å². The Bertz CT molecular complexity index is 1510. The minimum absolute atomic E-state index is 0.0795. The quantitative estimate of drug-likeness (QED) is 0.191. The molecule has 0 saturated carbocycles. The van der Waals surface area contributed by atoms with Gasteiger partial charge < -0.3 is 9.80 Å². The van der Waals surface area contributed by atoms with Crippen LogP contribution in [0, 0.1) is 0 Å². The molecule has 210 valence electrons. The number of hydrogen-bond donors (Lipinski definition) is 0. The molecule has 0 radical (unpaired) electrons. The summed E-state index contributed by atoms with van der Waals surface area (Å²) in [6.07, 6.45) is 9.59. The van der Waals surface area contributed by atoms with E-state index in [0.717, 1.165) is 55.0 Å². The molecule has 1 aliphatic heterocycles. The first-order valence-corrected chi connectivity index (χ1v) is 14.9. The Kier molecular flexibility index (Phi) is 9.15. The van der Waals surface area contributed by atoms with E-state index in [0.29, 0.717) is 0 Å². The fourth-order valence-corrected chi connectivity index (χ4v) is 5.39. The minimum Gasteiger partial charge on any atom is -0.372 e. The van der Waals surface area contributed by atoms with Crippen LogP contribution < -0.4 is 14.8 Å². The van der Waals surface area contributed by atoms with E-state index < -0.39 is 0 Å². The van der Waals surface area contributed by atoms with E-state index >= 15 is 0 Å². The Balaban J connectivity index is 1.38. The largest absolute Gasteiger partial charge is 0.372 e. The predicted molar refractivity (Wildman–Crippen MR) is 178 cm³/mol. The molecule has 41 heavy (non-hydrogen) atoms. The van der Waals surface area contributed by atoms with Crippen molar-refractivity contribution in [2.75, 3.05) is 41.0 Å². The SMILES string of the molecule is CCN(CC)c1ccc(C=CC2=NN(c3ccc4ccccc4n3)C(C=Cc3ccc(N(CC)CC)cc3)C2)cc1. The van der Waals surface area contributed by atoms with Crippen LogP contribution >= 0.6 is 0 Å². The topological polar surface area (TPSA) is 35.0 Å². The molecular weight excluding hydrogens is 502 g/mol. The van der Waals surface area contributed by atoms with Crippen molar-refractivity contribution in [1.82, 2.24) is 4.98 Å². The van der Waals surface area contributed by atoms with Crippen LogP contribution in [0.15, 0.2) is 102 Å². The number of rotatable bonds is 11. The molecule has 1 aromatic heterocycles. The van der Waals surface area contributed by atoms with Gasteiger partial charge in [-0.1, -0.05) is 60.7 Å². The molecule has 0 amide bonds. The van der Waals surface area contributed by atoms with Crippen LogP contribution in [0.2, 0.25) is 0 Å². The van der Waals surface area contributed by atoms with E-state index in [1.807, 2.05) is 12.1 Å². The number of hydrogen-bond acceptors (Lipinski definition) is 5. The number of hydrazone groups is 1. The van der Waals surface area contributed by atoms with Gasteiger partial charge in [-0.3, -0.25) is 0 Å². The lowest BCUT2D eigenvalue weighted by Gasteiger charge is -2.21. The Morgan fingerprint density at radius 1 is 0.683 bits per heavy atom. The molecular formula is C36H41N5. The Labute approximate surface area is 245 Å². The van der Waals surface area contributed by atoms with Crippen molar-refractivity contribution in [3.05, 3.63) is 108 Å². The van der Waals surface area contributed by atoms with Gasteiger partial charge in [0.2, 0.25) is 0 Å². The molecule has 2 heterocycles. The highest BCUT2D eigenvalue weighted by molar-refractivity contribution is 6.01. The third kappa shape index (κ3) is 6.68. The van der Waals surface area contributed by atoms with Gasteiger partial charge in [-0.05, 0) is 87.4 Å². The Morgan fingerprint density at radius 2 is 1.27 bits per heavy atom. The van der Waals surface area contributed by atoms with Crippen LogP contribution in [0.1, 0.15) is 45.2 Å². The second kappa shape index (κ2) is 13.3. The summed E-state index contributed by atoms with van der Waals surface area (Å²) in [6, 6.07) is 30.1. The highest BCUT2D eigenvalue weighted by atomic mass is 15.5. The van der Waals surface area contributed by atoms with Crippen molar-refractivity contribution in [3.63, 3.8) is 0 Å². The van der Waals surface area contributed by atoms with E-state index in [1.54, 1.807) is 0 Å². The van der Waals surface area contributed by atoms with Crippen molar-refractivity contribution in [3.8, 4) is 0 Å². The molecule has 0 aliphatic carbocycles. The van der Waals surface area contributed by atoms with Crippen molar-refractivity contribution in [2.24, 2.45) is 5.10 Å². The first kappa shape index (κ1) is 28.2. The zero-order chi connectivity index (χ0) is 28.6. The van der Waals surface area contributed by atoms with Crippen molar-refractivity contribution >= 4 is 46.0 Å². The number of para-hydroxylation sites is 1. The molecule has 1 unspecified atom stereocenters.